The van der Waals surface area contributed by atoms with Gasteiger partial charge in [0.15, 0.2) is 0 Å². The second kappa shape index (κ2) is 9.42. The quantitative estimate of drug-likeness (QED) is 0.319. The van der Waals surface area contributed by atoms with Crippen molar-refractivity contribution in [3.8, 4) is 17.1 Å². The highest BCUT2D eigenvalue weighted by Gasteiger charge is 2.26. The van der Waals surface area contributed by atoms with Crippen LogP contribution in [0.3, 0.4) is 0 Å². The number of para-hydroxylation sites is 1. The monoisotopic (exact) mass is 492 g/mol. The van der Waals surface area contributed by atoms with Gasteiger partial charge in [0.25, 0.3) is 0 Å². The van der Waals surface area contributed by atoms with Crippen LogP contribution in [0.2, 0.25) is 5.02 Å². The normalized spacial score (nSPS) is 18.5. The van der Waals surface area contributed by atoms with Gasteiger partial charge in [0.2, 0.25) is 0 Å². The second-order valence-corrected chi connectivity index (χ2v) is 10.5. The van der Waals surface area contributed by atoms with Crippen molar-refractivity contribution in [2.75, 3.05) is 0 Å². The number of aromatic nitrogens is 1. The molecule has 0 saturated heterocycles. The molecule has 4 aromatic rings. The third-order valence-electron chi connectivity index (χ3n) is 6.19. The van der Waals surface area contributed by atoms with E-state index in [1.807, 2.05) is 63.2 Å². The van der Waals surface area contributed by atoms with Crippen LogP contribution in [0.25, 0.3) is 33.1 Å². The molecule has 0 aliphatic heterocycles. The number of nitrogens with zero attached hydrogens (tertiary/aromatic N) is 1. The van der Waals surface area contributed by atoms with Crippen LogP contribution in [0.4, 0.5) is 4.79 Å². The molecule has 0 radical (unpaired) electrons. The highest BCUT2D eigenvalue weighted by Crippen LogP contribution is 2.38. The summed E-state index contributed by atoms with van der Waals surface area (Å²) in [5.74, 6) is 1.46. The van der Waals surface area contributed by atoms with Crippen molar-refractivity contribution in [3.63, 3.8) is 0 Å². The molecule has 2 aromatic heterocycles. The Bertz CT molecular complexity index is 1330. The minimum Gasteiger partial charge on any atom is -0.490 e. The zero-order chi connectivity index (χ0) is 24.6. The van der Waals surface area contributed by atoms with Crippen molar-refractivity contribution in [2.45, 2.75) is 64.2 Å². The van der Waals surface area contributed by atoms with E-state index < -0.39 is 5.60 Å². The number of hydrogen-bond donors (Lipinski definition) is 1. The Kier molecular flexibility index (Phi) is 6.32. The van der Waals surface area contributed by atoms with Gasteiger partial charge in [0, 0.05) is 40.2 Å². The zero-order valence-electron chi connectivity index (χ0n) is 20.1. The summed E-state index contributed by atoms with van der Waals surface area (Å²) in [4.78, 5) is 16.5. The summed E-state index contributed by atoms with van der Waals surface area (Å²) in [6, 6.07) is 13.9. The van der Waals surface area contributed by atoms with Gasteiger partial charge in [-0.05, 0) is 70.7 Å². The molecule has 182 valence electrons. The maximum Gasteiger partial charge on any atom is 0.407 e. The van der Waals surface area contributed by atoms with E-state index in [1.165, 1.54) is 0 Å². The zero-order valence-corrected chi connectivity index (χ0v) is 20.9. The number of nitrogens with one attached hydrogen (secondary N) is 1. The molecule has 1 fully saturated rings. The van der Waals surface area contributed by atoms with Crippen molar-refractivity contribution in [1.29, 1.82) is 0 Å². The summed E-state index contributed by atoms with van der Waals surface area (Å²) in [6.45, 7) is 5.59. The van der Waals surface area contributed by atoms with E-state index in [4.69, 9.17) is 25.5 Å². The van der Waals surface area contributed by atoms with Crippen molar-refractivity contribution >= 4 is 39.4 Å². The van der Waals surface area contributed by atoms with E-state index in [-0.39, 0.29) is 18.2 Å². The number of pyridine rings is 1. The average Bonchev–Trinajstić information content (AvgIpc) is 3.23. The first-order chi connectivity index (χ1) is 16.7. The topological polar surface area (TPSA) is 73.6 Å². The molecule has 1 amide bonds. The lowest BCUT2D eigenvalue weighted by atomic mass is 9.93. The van der Waals surface area contributed by atoms with E-state index in [0.29, 0.717) is 5.02 Å². The van der Waals surface area contributed by atoms with Crippen LogP contribution in [0, 0.1) is 0 Å². The molecule has 1 saturated carbocycles. The van der Waals surface area contributed by atoms with Crippen molar-refractivity contribution in [2.24, 2.45) is 0 Å². The number of amides is 1. The summed E-state index contributed by atoms with van der Waals surface area (Å²) < 4.78 is 17.8. The predicted molar refractivity (Wildman–Crippen MR) is 138 cm³/mol. The van der Waals surface area contributed by atoms with Gasteiger partial charge in [-0.1, -0.05) is 29.8 Å². The smallest absolute Gasteiger partial charge is 0.407 e. The minimum absolute atomic E-state index is 0.0525. The summed E-state index contributed by atoms with van der Waals surface area (Å²) in [5.41, 5.74) is 1.20. The first-order valence-corrected chi connectivity index (χ1v) is 12.4. The Morgan fingerprint density at radius 2 is 1.83 bits per heavy atom. The molecule has 0 spiro atoms. The number of carbonyl (C=O) groups excluding carboxylic acids is 1. The number of hydrogen-bond acceptors (Lipinski definition) is 5. The third kappa shape index (κ3) is 5.38. The number of benzene rings is 2. The fourth-order valence-electron chi connectivity index (χ4n) is 4.57. The van der Waals surface area contributed by atoms with Gasteiger partial charge in [0.05, 0.1) is 11.1 Å². The number of fused-ring (bicyclic) bond motifs is 2. The Hall–Kier alpha value is -3.25. The molecule has 2 heterocycles. The molecular weight excluding hydrogens is 464 g/mol. The van der Waals surface area contributed by atoms with Gasteiger partial charge in [-0.3, -0.25) is 4.98 Å². The van der Waals surface area contributed by atoms with Gasteiger partial charge in [-0.2, -0.15) is 0 Å². The molecule has 0 bridgehead atoms. The van der Waals surface area contributed by atoms with Gasteiger partial charge in [0.1, 0.15) is 22.7 Å². The lowest BCUT2D eigenvalue weighted by Crippen LogP contribution is -2.42. The highest BCUT2D eigenvalue weighted by atomic mass is 35.5. The van der Waals surface area contributed by atoms with Crippen molar-refractivity contribution < 1.29 is 18.7 Å². The summed E-state index contributed by atoms with van der Waals surface area (Å²) in [7, 11) is 0. The van der Waals surface area contributed by atoms with E-state index in [0.717, 1.165) is 64.5 Å². The Balaban J connectivity index is 1.32. The highest BCUT2D eigenvalue weighted by molar-refractivity contribution is 6.36. The van der Waals surface area contributed by atoms with Gasteiger partial charge in [-0.25, -0.2) is 4.79 Å². The maximum absolute atomic E-state index is 12.1. The van der Waals surface area contributed by atoms with E-state index >= 15 is 0 Å². The molecular formula is C28H29ClN2O4. The largest absolute Gasteiger partial charge is 0.490 e. The van der Waals surface area contributed by atoms with Crippen molar-refractivity contribution in [1.82, 2.24) is 10.3 Å². The van der Waals surface area contributed by atoms with Crippen molar-refractivity contribution in [3.05, 3.63) is 59.9 Å². The lowest BCUT2D eigenvalue weighted by molar-refractivity contribution is 0.0471. The van der Waals surface area contributed by atoms with Crippen LogP contribution in [-0.2, 0) is 4.74 Å². The molecule has 35 heavy (non-hydrogen) atoms. The predicted octanol–water partition coefficient (Wildman–Crippen LogP) is 7.52. The second-order valence-electron chi connectivity index (χ2n) is 10.1. The average molecular weight is 493 g/mol. The number of alkyl carbamates (subject to hydrolysis) is 1. The van der Waals surface area contributed by atoms with Crippen LogP contribution >= 0.6 is 11.6 Å². The van der Waals surface area contributed by atoms with Gasteiger partial charge in [-0.15, -0.1) is 0 Å². The molecule has 1 aliphatic carbocycles. The lowest BCUT2D eigenvalue weighted by Gasteiger charge is -2.30. The number of halogens is 1. The van der Waals surface area contributed by atoms with Crippen LogP contribution in [0.1, 0.15) is 46.5 Å². The van der Waals surface area contributed by atoms with Crippen LogP contribution < -0.4 is 10.1 Å². The SMILES string of the molecule is CC(C)(C)OC(=O)NC1CCC(Oc2cc(Cl)c3cncc(-c4cc5ccccc5o4)c3c2)CC1. The Morgan fingerprint density at radius 3 is 2.57 bits per heavy atom. The molecule has 1 N–H and O–H groups in total. The fourth-order valence-corrected chi connectivity index (χ4v) is 4.83. The van der Waals surface area contributed by atoms with Crippen LogP contribution in [-0.4, -0.2) is 28.8 Å². The molecule has 5 rings (SSSR count). The minimum atomic E-state index is -0.503. The van der Waals surface area contributed by atoms with E-state index in [9.17, 15) is 4.79 Å². The van der Waals surface area contributed by atoms with Crippen LogP contribution in [0.5, 0.6) is 5.75 Å². The number of rotatable bonds is 4. The summed E-state index contributed by atoms with van der Waals surface area (Å²) in [5, 5.41) is 6.38. The van der Waals surface area contributed by atoms with Gasteiger partial charge < -0.3 is 19.2 Å². The van der Waals surface area contributed by atoms with Crippen LogP contribution in [0.15, 0.2) is 59.3 Å². The van der Waals surface area contributed by atoms with Gasteiger partial charge >= 0.3 is 6.09 Å². The standard InChI is InChI=1S/C28H29ClN2O4/c1-28(2,3)35-27(32)31-18-8-10-19(11-9-18)33-20-13-21-22(24(29)14-20)15-30-16-23(21)26-12-17-6-4-5-7-25(17)34-26/h4-7,12-16,18-19H,8-11H2,1-3H3,(H,31,32). The molecule has 7 heteroatoms. The molecule has 2 aromatic carbocycles. The molecule has 0 atom stereocenters. The Labute approximate surface area is 209 Å². The van der Waals surface area contributed by atoms with E-state index in [2.05, 4.69) is 10.3 Å². The Morgan fingerprint density at radius 1 is 1.06 bits per heavy atom. The molecule has 0 unspecified atom stereocenters. The fraction of sp³-hybridized carbons (Fsp3) is 0.357. The summed E-state index contributed by atoms with van der Waals surface area (Å²) in [6.07, 6.45) is 6.59. The number of carbonyl (C=O) groups is 1. The number of furan rings is 1. The summed E-state index contributed by atoms with van der Waals surface area (Å²) >= 11 is 6.64. The van der Waals surface area contributed by atoms with E-state index in [1.54, 1.807) is 12.4 Å². The molecule has 1 aliphatic rings. The first kappa shape index (κ1) is 23.5. The first-order valence-electron chi connectivity index (χ1n) is 12.0. The number of ether oxygens (including phenoxy) is 2. The maximum atomic E-state index is 12.1. The molecule has 6 nitrogen and oxygen atoms in total. The third-order valence-corrected chi connectivity index (χ3v) is 6.50.